The van der Waals surface area contributed by atoms with Crippen LogP contribution in [0.1, 0.15) is 32.3 Å². The van der Waals surface area contributed by atoms with Gasteiger partial charge in [0.05, 0.1) is 11.7 Å². The number of hydrogen-bond acceptors (Lipinski definition) is 4. The van der Waals surface area contributed by atoms with Gasteiger partial charge in [-0.15, -0.1) is 0 Å². The van der Waals surface area contributed by atoms with Crippen molar-refractivity contribution in [2.24, 2.45) is 0 Å². The molecule has 1 heterocycles. The van der Waals surface area contributed by atoms with Crippen molar-refractivity contribution in [1.82, 2.24) is 9.80 Å². The molecule has 0 aliphatic carbocycles. The molecule has 1 aromatic rings. The first kappa shape index (κ1) is 17.4. The predicted molar refractivity (Wildman–Crippen MR) is 89.7 cm³/mol. The van der Waals surface area contributed by atoms with Crippen molar-refractivity contribution in [1.29, 1.82) is 0 Å². The summed E-state index contributed by atoms with van der Waals surface area (Å²) in [6.07, 6.45) is 1.72. The average molecular weight is 306 g/mol. The minimum Gasteiger partial charge on any atom is -0.390 e. The standard InChI is InChI=1S/C18H30N2O2/c1-18(2,22)17-10-7-11-20(17)14-16(21)13-19(3)12-15-8-5-4-6-9-15/h4-6,8-9,16-17,21-22H,7,10-14H2,1-3H3. The molecule has 0 saturated carbocycles. The molecule has 1 aliphatic rings. The van der Waals surface area contributed by atoms with Crippen LogP contribution in [-0.4, -0.2) is 64.4 Å². The van der Waals surface area contributed by atoms with Gasteiger partial charge in [0.1, 0.15) is 0 Å². The molecule has 2 rings (SSSR count). The molecule has 0 bridgehead atoms. The van der Waals surface area contributed by atoms with Crippen molar-refractivity contribution in [3.05, 3.63) is 35.9 Å². The number of rotatable bonds is 7. The second-order valence-electron chi connectivity index (χ2n) is 7.14. The van der Waals surface area contributed by atoms with Gasteiger partial charge in [-0.25, -0.2) is 0 Å². The van der Waals surface area contributed by atoms with Crippen molar-refractivity contribution >= 4 is 0 Å². The van der Waals surface area contributed by atoms with E-state index in [1.54, 1.807) is 0 Å². The Balaban J connectivity index is 1.81. The Kier molecular flexibility index (Phi) is 5.98. The molecule has 1 aliphatic heterocycles. The number of nitrogens with zero attached hydrogens (tertiary/aromatic N) is 2. The van der Waals surface area contributed by atoms with Gasteiger partial charge in [-0.2, -0.15) is 0 Å². The number of β-amino-alcohol motifs (C(OH)–C–C–N with tert-alkyl or cyclic N) is 1. The first-order valence-electron chi connectivity index (χ1n) is 8.23. The second-order valence-corrected chi connectivity index (χ2v) is 7.14. The van der Waals surface area contributed by atoms with Crippen LogP contribution in [0.25, 0.3) is 0 Å². The highest BCUT2D eigenvalue weighted by Crippen LogP contribution is 2.26. The zero-order valence-electron chi connectivity index (χ0n) is 14.1. The molecular weight excluding hydrogens is 276 g/mol. The van der Waals surface area contributed by atoms with Gasteiger partial charge in [-0.1, -0.05) is 30.3 Å². The van der Waals surface area contributed by atoms with Crippen molar-refractivity contribution in [3.8, 4) is 0 Å². The van der Waals surface area contributed by atoms with E-state index in [-0.39, 0.29) is 6.04 Å². The summed E-state index contributed by atoms with van der Waals surface area (Å²) in [5, 5.41) is 20.6. The quantitative estimate of drug-likeness (QED) is 0.805. The number of aliphatic hydroxyl groups excluding tert-OH is 1. The second kappa shape index (κ2) is 7.55. The van der Waals surface area contributed by atoms with Crippen LogP contribution in [0.4, 0.5) is 0 Å². The van der Waals surface area contributed by atoms with Gasteiger partial charge < -0.3 is 10.2 Å². The predicted octanol–water partition coefficient (Wildman–Crippen LogP) is 1.71. The van der Waals surface area contributed by atoms with Crippen LogP contribution < -0.4 is 0 Å². The van der Waals surface area contributed by atoms with Gasteiger partial charge in [0.25, 0.3) is 0 Å². The number of benzene rings is 1. The van der Waals surface area contributed by atoms with Gasteiger partial charge in [-0.3, -0.25) is 9.80 Å². The third-order valence-electron chi connectivity index (χ3n) is 4.44. The molecule has 22 heavy (non-hydrogen) atoms. The maximum Gasteiger partial charge on any atom is 0.0793 e. The third kappa shape index (κ3) is 5.06. The van der Waals surface area contributed by atoms with Crippen molar-refractivity contribution in [2.75, 3.05) is 26.7 Å². The number of hydrogen-bond donors (Lipinski definition) is 2. The first-order valence-corrected chi connectivity index (χ1v) is 8.23. The lowest BCUT2D eigenvalue weighted by Crippen LogP contribution is -2.49. The number of aliphatic hydroxyl groups is 2. The summed E-state index contributed by atoms with van der Waals surface area (Å²) < 4.78 is 0. The Morgan fingerprint density at radius 3 is 2.64 bits per heavy atom. The smallest absolute Gasteiger partial charge is 0.0793 e. The summed E-state index contributed by atoms with van der Waals surface area (Å²) in [5.41, 5.74) is 0.555. The SMILES string of the molecule is CN(Cc1ccccc1)CC(O)CN1CCCC1C(C)(C)O. The van der Waals surface area contributed by atoms with E-state index in [4.69, 9.17) is 0 Å². The Labute approximate surface area is 134 Å². The van der Waals surface area contributed by atoms with E-state index < -0.39 is 11.7 Å². The van der Waals surface area contributed by atoms with Crippen LogP contribution in [0.5, 0.6) is 0 Å². The molecule has 0 spiro atoms. The summed E-state index contributed by atoms with van der Waals surface area (Å²) >= 11 is 0. The van der Waals surface area contributed by atoms with Crippen molar-refractivity contribution < 1.29 is 10.2 Å². The molecule has 0 aromatic heterocycles. The van der Waals surface area contributed by atoms with E-state index in [1.807, 2.05) is 39.1 Å². The van der Waals surface area contributed by atoms with E-state index in [9.17, 15) is 10.2 Å². The average Bonchev–Trinajstić information content (AvgIpc) is 2.87. The fraction of sp³-hybridized carbons (Fsp3) is 0.667. The van der Waals surface area contributed by atoms with Crippen LogP contribution in [0.15, 0.2) is 30.3 Å². The highest BCUT2D eigenvalue weighted by atomic mass is 16.3. The zero-order chi connectivity index (χ0) is 16.2. The molecule has 2 unspecified atom stereocenters. The summed E-state index contributed by atoms with van der Waals surface area (Å²) in [4.78, 5) is 4.39. The Bertz CT molecular complexity index is 444. The van der Waals surface area contributed by atoms with Gasteiger partial charge in [0.2, 0.25) is 0 Å². The fourth-order valence-corrected chi connectivity index (χ4v) is 3.49. The van der Waals surface area contributed by atoms with E-state index in [1.165, 1.54) is 5.56 Å². The van der Waals surface area contributed by atoms with Crippen molar-refractivity contribution in [2.45, 2.75) is 51.0 Å². The topological polar surface area (TPSA) is 46.9 Å². The molecule has 4 nitrogen and oxygen atoms in total. The van der Waals surface area contributed by atoms with Crippen LogP contribution in [-0.2, 0) is 6.54 Å². The maximum atomic E-state index is 10.4. The van der Waals surface area contributed by atoms with E-state index in [2.05, 4.69) is 21.9 Å². The van der Waals surface area contributed by atoms with Gasteiger partial charge in [0, 0.05) is 25.7 Å². The normalized spacial score (nSPS) is 21.5. The summed E-state index contributed by atoms with van der Waals surface area (Å²) in [5.74, 6) is 0. The Hall–Kier alpha value is -0.940. The Morgan fingerprint density at radius 2 is 2.00 bits per heavy atom. The number of likely N-dealkylation sites (N-methyl/N-ethyl adjacent to an activating group) is 1. The van der Waals surface area contributed by atoms with Gasteiger partial charge >= 0.3 is 0 Å². The molecule has 4 heteroatoms. The molecule has 1 fully saturated rings. The fourth-order valence-electron chi connectivity index (χ4n) is 3.49. The Morgan fingerprint density at radius 1 is 1.32 bits per heavy atom. The minimum absolute atomic E-state index is 0.154. The summed E-state index contributed by atoms with van der Waals surface area (Å²) in [6, 6.07) is 10.5. The highest BCUT2D eigenvalue weighted by Gasteiger charge is 2.36. The lowest BCUT2D eigenvalue weighted by Gasteiger charge is -2.35. The largest absolute Gasteiger partial charge is 0.390 e. The number of likely N-dealkylation sites (tertiary alicyclic amines) is 1. The van der Waals surface area contributed by atoms with Crippen LogP contribution in [0.2, 0.25) is 0 Å². The van der Waals surface area contributed by atoms with Crippen LogP contribution in [0, 0.1) is 0 Å². The summed E-state index contributed by atoms with van der Waals surface area (Å²) in [7, 11) is 2.04. The van der Waals surface area contributed by atoms with E-state index >= 15 is 0 Å². The maximum absolute atomic E-state index is 10.4. The minimum atomic E-state index is -0.702. The first-order chi connectivity index (χ1) is 10.4. The van der Waals surface area contributed by atoms with Gasteiger partial charge in [0.15, 0.2) is 0 Å². The molecule has 0 radical (unpaired) electrons. The summed E-state index contributed by atoms with van der Waals surface area (Å²) in [6.45, 7) is 6.81. The zero-order valence-corrected chi connectivity index (χ0v) is 14.1. The molecule has 124 valence electrons. The molecule has 2 atom stereocenters. The monoisotopic (exact) mass is 306 g/mol. The molecule has 1 aromatic carbocycles. The molecule has 0 amide bonds. The van der Waals surface area contributed by atoms with E-state index in [0.29, 0.717) is 13.1 Å². The molecular formula is C18H30N2O2. The molecule has 2 N–H and O–H groups in total. The highest BCUT2D eigenvalue weighted by molar-refractivity contribution is 5.14. The van der Waals surface area contributed by atoms with Crippen LogP contribution >= 0.6 is 0 Å². The van der Waals surface area contributed by atoms with Gasteiger partial charge in [-0.05, 0) is 45.8 Å². The third-order valence-corrected chi connectivity index (χ3v) is 4.44. The van der Waals surface area contributed by atoms with Crippen molar-refractivity contribution in [3.63, 3.8) is 0 Å². The van der Waals surface area contributed by atoms with Crippen LogP contribution in [0.3, 0.4) is 0 Å². The molecule has 1 saturated heterocycles. The lowest BCUT2D eigenvalue weighted by molar-refractivity contribution is -0.0190. The lowest BCUT2D eigenvalue weighted by atomic mass is 9.96. The van der Waals surface area contributed by atoms with E-state index in [0.717, 1.165) is 25.9 Å².